The van der Waals surface area contributed by atoms with Crippen LogP contribution in [0.4, 0.5) is 11.9 Å². The second kappa shape index (κ2) is 4.56. The highest BCUT2D eigenvalue weighted by atomic mass is 16.5. The van der Waals surface area contributed by atoms with Gasteiger partial charge in [-0.2, -0.15) is 15.0 Å². The Morgan fingerprint density at radius 3 is 2.31 bits per heavy atom. The van der Waals surface area contributed by atoms with Crippen molar-refractivity contribution in [3.63, 3.8) is 0 Å². The first-order valence-electron chi connectivity index (χ1n) is 3.97. The molecule has 0 unspecified atom stereocenters. The Kier molecular flexibility index (Phi) is 3.39. The first-order chi connectivity index (χ1) is 6.22. The molecule has 0 aliphatic carbocycles. The van der Waals surface area contributed by atoms with Gasteiger partial charge in [0.2, 0.25) is 11.9 Å². The molecule has 0 atom stereocenters. The maximum atomic E-state index is 5.39. The molecular weight excluding hydrogens is 170 g/mol. The summed E-state index contributed by atoms with van der Waals surface area (Å²) in [6, 6.07) is 0. The first-order valence-corrected chi connectivity index (χ1v) is 3.97. The summed E-state index contributed by atoms with van der Waals surface area (Å²) < 4.78 is 4.89. The van der Waals surface area contributed by atoms with Crippen LogP contribution in [0.15, 0.2) is 0 Å². The minimum Gasteiger partial charge on any atom is -0.385 e. The highest BCUT2D eigenvalue weighted by Crippen LogP contribution is 2.01. The molecule has 13 heavy (non-hydrogen) atoms. The largest absolute Gasteiger partial charge is 0.385 e. The number of aromatic nitrogens is 3. The van der Waals surface area contributed by atoms with E-state index in [0.717, 1.165) is 6.42 Å². The minimum atomic E-state index is 0.167. The molecule has 6 heteroatoms. The number of nitrogens with two attached hydrogens (primary N) is 2. The molecule has 1 aromatic heterocycles. The molecule has 0 saturated carbocycles. The van der Waals surface area contributed by atoms with E-state index in [-0.39, 0.29) is 11.9 Å². The van der Waals surface area contributed by atoms with Gasteiger partial charge in [0, 0.05) is 20.1 Å². The van der Waals surface area contributed by atoms with E-state index in [4.69, 9.17) is 16.2 Å². The molecule has 1 heterocycles. The van der Waals surface area contributed by atoms with Gasteiger partial charge in [-0.15, -0.1) is 0 Å². The van der Waals surface area contributed by atoms with Gasteiger partial charge < -0.3 is 16.2 Å². The van der Waals surface area contributed by atoms with Crippen LogP contribution in [0.1, 0.15) is 12.2 Å². The van der Waals surface area contributed by atoms with Crippen molar-refractivity contribution in [2.24, 2.45) is 0 Å². The highest BCUT2D eigenvalue weighted by Gasteiger charge is 2.00. The molecule has 0 aliphatic heterocycles. The predicted molar refractivity (Wildman–Crippen MR) is 48.8 cm³/mol. The predicted octanol–water partition coefficient (Wildman–Crippen LogP) is -0.385. The van der Waals surface area contributed by atoms with Crippen LogP contribution in [0.5, 0.6) is 0 Å². The summed E-state index contributed by atoms with van der Waals surface area (Å²) in [5.41, 5.74) is 10.8. The second-order valence-corrected chi connectivity index (χ2v) is 2.56. The molecule has 0 saturated heterocycles. The fraction of sp³-hybridized carbons (Fsp3) is 0.571. The van der Waals surface area contributed by atoms with Gasteiger partial charge in [0.05, 0.1) is 0 Å². The van der Waals surface area contributed by atoms with E-state index >= 15 is 0 Å². The molecule has 72 valence electrons. The third-order valence-electron chi connectivity index (χ3n) is 1.47. The van der Waals surface area contributed by atoms with Crippen molar-refractivity contribution >= 4 is 11.9 Å². The molecule has 0 spiro atoms. The smallest absolute Gasteiger partial charge is 0.225 e. The lowest BCUT2D eigenvalue weighted by atomic mass is 10.3. The van der Waals surface area contributed by atoms with E-state index in [1.807, 2.05) is 0 Å². The monoisotopic (exact) mass is 183 g/mol. The number of anilines is 2. The van der Waals surface area contributed by atoms with Crippen molar-refractivity contribution in [1.29, 1.82) is 0 Å². The normalized spacial score (nSPS) is 10.2. The fourth-order valence-corrected chi connectivity index (χ4v) is 0.943. The molecule has 0 fully saturated rings. The second-order valence-electron chi connectivity index (χ2n) is 2.56. The van der Waals surface area contributed by atoms with E-state index in [0.29, 0.717) is 18.9 Å². The van der Waals surface area contributed by atoms with Crippen LogP contribution in [0.3, 0.4) is 0 Å². The summed E-state index contributed by atoms with van der Waals surface area (Å²) in [5, 5.41) is 0. The number of hydrogen-bond acceptors (Lipinski definition) is 6. The molecule has 4 N–H and O–H groups in total. The summed E-state index contributed by atoms with van der Waals surface area (Å²) in [7, 11) is 1.65. The maximum Gasteiger partial charge on any atom is 0.225 e. The topological polar surface area (TPSA) is 99.9 Å². The molecule has 0 aromatic carbocycles. The lowest BCUT2D eigenvalue weighted by Crippen LogP contribution is -2.07. The average Bonchev–Trinajstić information content (AvgIpc) is 2.03. The van der Waals surface area contributed by atoms with Crippen molar-refractivity contribution in [1.82, 2.24) is 15.0 Å². The molecular formula is C7H13N5O. The Hall–Kier alpha value is -1.43. The first kappa shape index (κ1) is 9.66. The van der Waals surface area contributed by atoms with E-state index in [2.05, 4.69) is 15.0 Å². The Labute approximate surface area is 76.3 Å². The minimum absolute atomic E-state index is 0.167. The van der Waals surface area contributed by atoms with Crippen LogP contribution in [0, 0.1) is 0 Å². The molecule has 1 rings (SSSR count). The third-order valence-corrected chi connectivity index (χ3v) is 1.47. The number of nitrogens with zero attached hydrogens (tertiary/aromatic N) is 3. The number of nitrogen functional groups attached to an aromatic ring is 2. The zero-order valence-corrected chi connectivity index (χ0v) is 7.53. The van der Waals surface area contributed by atoms with Gasteiger partial charge in [0.15, 0.2) is 0 Å². The van der Waals surface area contributed by atoms with Crippen molar-refractivity contribution in [2.75, 3.05) is 25.2 Å². The summed E-state index contributed by atoms with van der Waals surface area (Å²) in [5.74, 6) is 0.946. The molecule has 0 aliphatic rings. The zero-order chi connectivity index (χ0) is 9.68. The molecule has 0 bridgehead atoms. The van der Waals surface area contributed by atoms with Gasteiger partial charge in [-0.05, 0) is 6.42 Å². The maximum absolute atomic E-state index is 5.39. The zero-order valence-electron chi connectivity index (χ0n) is 7.53. The Bertz CT molecular complexity index is 257. The molecule has 6 nitrogen and oxygen atoms in total. The summed E-state index contributed by atoms with van der Waals surface area (Å²) in [6.07, 6.45) is 1.55. The standard InChI is InChI=1S/C7H13N5O/c1-13-4-2-3-5-10-6(8)12-7(9)11-5/h2-4H2,1H3,(H4,8,9,10,11,12). The number of hydrogen-bond donors (Lipinski definition) is 2. The van der Waals surface area contributed by atoms with E-state index in [9.17, 15) is 0 Å². The lowest BCUT2D eigenvalue weighted by molar-refractivity contribution is 0.194. The number of aryl methyl sites for hydroxylation is 1. The van der Waals surface area contributed by atoms with Crippen LogP contribution in [-0.4, -0.2) is 28.7 Å². The number of methoxy groups -OCH3 is 1. The van der Waals surface area contributed by atoms with Crippen molar-refractivity contribution in [3.05, 3.63) is 5.82 Å². The van der Waals surface area contributed by atoms with Crippen LogP contribution >= 0.6 is 0 Å². The van der Waals surface area contributed by atoms with E-state index in [1.165, 1.54) is 0 Å². The SMILES string of the molecule is COCCCc1nc(N)nc(N)n1. The van der Waals surface area contributed by atoms with Crippen LogP contribution < -0.4 is 11.5 Å². The van der Waals surface area contributed by atoms with Gasteiger partial charge >= 0.3 is 0 Å². The Morgan fingerprint density at radius 1 is 1.15 bits per heavy atom. The van der Waals surface area contributed by atoms with E-state index in [1.54, 1.807) is 7.11 Å². The Morgan fingerprint density at radius 2 is 1.77 bits per heavy atom. The van der Waals surface area contributed by atoms with Gasteiger partial charge in [-0.1, -0.05) is 0 Å². The number of ether oxygens (including phenoxy) is 1. The average molecular weight is 183 g/mol. The van der Waals surface area contributed by atoms with Crippen LogP contribution in [-0.2, 0) is 11.2 Å². The molecule has 1 aromatic rings. The van der Waals surface area contributed by atoms with Gasteiger partial charge in [0.25, 0.3) is 0 Å². The fourth-order valence-electron chi connectivity index (χ4n) is 0.943. The van der Waals surface area contributed by atoms with Crippen LogP contribution in [0.25, 0.3) is 0 Å². The summed E-state index contributed by atoms with van der Waals surface area (Å²) in [4.78, 5) is 11.5. The Balaban J connectivity index is 2.56. The van der Waals surface area contributed by atoms with Crippen molar-refractivity contribution in [2.45, 2.75) is 12.8 Å². The number of rotatable bonds is 4. The van der Waals surface area contributed by atoms with Crippen LogP contribution in [0.2, 0.25) is 0 Å². The van der Waals surface area contributed by atoms with Gasteiger partial charge in [0.1, 0.15) is 5.82 Å². The van der Waals surface area contributed by atoms with Gasteiger partial charge in [-0.25, -0.2) is 0 Å². The summed E-state index contributed by atoms with van der Waals surface area (Å²) in [6.45, 7) is 0.672. The third kappa shape index (κ3) is 3.20. The molecule has 0 amide bonds. The summed E-state index contributed by atoms with van der Waals surface area (Å²) >= 11 is 0. The lowest BCUT2D eigenvalue weighted by Gasteiger charge is -2.00. The van der Waals surface area contributed by atoms with Gasteiger partial charge in [-0.3, -0.25) is 0 Å². The molecule has 0 radical (unpaired) electrons. The highest BCUT2D eigenvalue weighted by molar-refractivity contribution is 5.25. The van der Waals surface area contributed by atoms with Crippen molar-refractivity contribution in [3.8, 4) is 0 Å². The quantitative estimate of drug-likeness (QED) is 0.617. The van der Waals surface area contributed by atoms with Crippen molar-refractivity contribution < 1.29 is 4.74 Å². The van der Waals surface area contributed by atoms with E-state index < -0.39 is 0 Å².